The zero-order chi connectivity index (χ0) is 22.0. The Morgan fingerprint density at radius 3 is 2.53 bits per heavy atom. The van der Waals surface area contributed by atoms with Gasteiger partial charge in [0.15, 0.2) is 12.1 Å². The number of halogens is 1. The minimum absolute atomic E-state index is 0. The van der Waals surface area contributed by atoms with Crippen LogP contribution in [-0.4, -0.2) is 78.4 Å². The first-order chi connectivity index (χ1) is 13.5. The van der Waals surface area contributed by atoms with E-state index in [1.807, 2.05) is 6.08 Å². The number of aliphatic hydroxyl groups is 2. The standard InChI is InChI=1S/C21H33NO7.ClH/c1-7-13(2)18(23)29-16-9-11-22-10-8-15(17(16)22)12-28-19(24)21(26,14(3)27-6)20(4,5)25;/h7-8,14,16-17,25-26H,9-12H2,1-6H3;1H/b13-7+;/t14-,16+,17?,21?;/m1./s1. The topological polar surface area (TPSA) is 107 Å². The summed E-state index contributed by atoms with van der Waals surface area (Å²) in [6.45, 7) is 9.24. The SMILES string of the molecule is C/C=C(\C)C(=O)O[C@H]1CC[NH+]2CC=C(COC(=O)C(O)([C@@H](C)OC)C(C)(C)O)C12.[Cl-]. The number of quaternary nitrogens is 1. The maximum atomic E-state index is 12.7. The summed E-state index contributed by atoms with van der Waals surface area (Å²) < 4.78 is 16.2. The van der Waals surface area contributed by atoms with Crippen LogP contribution >= 0.6 is 0 Å². The van der Waals surface area contributed by atoms with Crippen molar-refractivity contribution in [3.8, 4) is 0 Å². The first-order valence-electron chi connectivity index (χ1n) is 9.99. The van der Waals surface area contributed by atoms with Crippen molar-refractivity contribution in [3.05, 3.63) is 23.3 Å². The first-order valence-corrected chi connectivity index (χ1v) is 9.99. The van der Waals surface area contributed by atoms with Crippen LogP contribution in [0.4, 0.5) is 0 Å². The zero-order valence-electron chi connectivity index (χ0n) is 18.5. The van der Waals surface area contributed by atoms with Crippen molar-refractivity contribution in [1.29, 1.82) is 0 Å². The quantitative estimate of drug-likeness (QED) is 0.202. The van der Waals surface area contributed by atoms with Gasteiger partial charge in [-0.05, 0) is 40.7 Å². The molecule has 0 aromatic heterocycles. The summed E-state index contributed by atoms with van der Waals surface area (Å²) >= 11 is 0. The van der Waals surface area contributed by atoms with Crippen LogP contribution in [0.5, 0.6) is 0 Å². The van der Waals surface area contributed by atoms with Gasteiger partial charge in [-0.2, -0.15) is 0 Å². The molecule has 0 aliphatic carbocycles. The van der Waals surface area contributed by atoms with Crippen LogP contribution < -0.4 is 17.3 Å². The molecule has 0 amide bonds. The molecule has 8 nitrogen and oxygen atoms in total. The van der Waals surface area contributed by atoms with Crippen LogP contribution in [0, 0.1) is 0 Å². The Bertz CT molecular complexity index is 700. The molecule has 30 heavy (non-hydrogen) atoms. The van der Waals surface area contributed by atoms with E-state index in [1.165, 1.54) is 32.8 Å². The highest BCUT2D eigenvalue weighted by Crippen LogP contribution is 2.29. The van der Waals surface area contributed by atoms with Gasteiger partial charge in [0.1, 0.15) is 12.2 Å². The molecule has 2 aliphatic heterocycles. The number of hydrogen-bond donors (Lipinski definition) is 3. The number of esters is 2. The summed E-state index contributed by atoms with van der Waals surface area (Å²) in [5, 5.41) is 21.2. The first kappa shape index (κ1) is 26.6. The van der Waals surface area contributed by atoms with Gasteiger partial charge in [-0.25, -0.2) is 9.59 Å². The van der Waals surface area contributed by atoms with Crippen LogP contribution in [0.1, 0.15) is 41.0 Å². The fourth-order valence-electron chi connectivity index (χ4n) is 4.00. The van der Waals surface area contributed by atoms with Gasteiger partial charge in [0.2, 0.25) is 5.60 Å². The summed E-state index contributed by atoms with van der Waals surface area (Å²) in [5.74, 6) is -1.29. The monoisotopic (exact) mass is 447 g/mol. The van der Waals surface area contributed by atoms with Gasteiger partial charge in [-0.1, -0.05) is 6.08 Å². The molecule has 1 saturated heterocycles. The molecule has 2 rings (SSSR count). The minimum atomic E-state index is -2.22. The molecule has 2 heterocycles. The van der Waals surface area contributed by atoms with Crippen molar-refractivity contribution < 1.29 is 51.3 Å². The van der Waals surface area contributed by atoms with Gasteiger partial charge < -0.3 is 41.7 Å². The summed E-state index contributed by atoms with van der Waals surface area (Å²) in [7, 11) is 1.35. The van der Waals surface area contributed by atoms with Crippen molar-refractivity contribution in [1.82, 2.24) is 0 Å². The second-order valence-electron chi connectivity index (χ2n) is 8.35. The molecular weight excluding hydrogens is 414 g/mol. The zero-order valence-corrected chi connectivity index (χ0v) is 19.3. The Balaban J connectivity index is 0.00000450. The van der Waals surface area contributed by atoms with E-state index in [4.69, 9.17) is 14.2 Å². The van der Waals surface area contributed by atoms with Gasteiger partial charge in [0.05, 0.1) is 19.2 Å². The van der Waals surface area contributed by atoms with Crippen molar-refractivity contribution >= 4 is 11.9 Å². The second-order valence-corrected chi connectivity index (χ2v) is 8.35. The third-order valence-corrected chi connectivity index (χ3v) is 6.16. The number of carbonyl (C=O) groups is 2. The van der Waals surface area contributed by atoms with Crippen molar-refractivity contribution in [2.24, 2.45) is 0 Å². The molecule has 1 fully saturated rings. The lowest BCUT2D eigenvalue weighted by Crippen LogP contribution is -3.12. The average Bonchev–Trinajstić information content (AvgIpc) is 3.26. The number of rotatable bonds is 8. The maximum Gasteiger partial charge on any atom is 0.344 e. The molecule has 3 unspecified atom stereocenters. The fourth-order valence-corrected chi connectivity index (χ4v) is 4.00. The van der Waals surface area contributed by atoms with Crippen LogP contribution in [0.2, 0.25) is 0 Å². The predicted octanol–water partition coefficient (Wildman–Crippen LogP) is -3.45. The molecule has 9 heteroatoms. The normalized spacial score (nSPS) is 26.7. The highest BCUT2D eigenvalue weighted by Gasteiger charge is 2.55. The third kappa shape index (κ3) is 5.06. The largest absolute Gasteiger partial charge is 1.00 e. The molecule has 0 aromatic carbocycles. The maximum absolute atomic E-state index is 12.7. The number of hydrogen-bond acceptors (Lipinski definition) is 7. The van der Waals surface area contributed by atoms with Crippen molar-refractivity contribution in [2.45, 2.75) is 70.5 Å². The van der Waals surface area contributed by atoms with E-state index in [0.717, 1.165) is 25.1 Å². The lowest BCUT2D eigenvalue weighted by atomic mass is 9.81. The molecule has 172 valence electrons. The second kappa shape index (κ2) is 10.2. The summed E-state index contributed by atoms with van der Waals surface area (Å²) in [6.07, 6.45) is 3.18. The van der Waals surface area contributed by atoms with Crippen LogP contribution in [-0.2, 0) is 23.8 Å². The number of nitrogens with one attached hydrogen (secondary N) is 1. The highest BCUT2D eigenvalue weighted by molar-refractivity contribution is 5.87. The Kier molecular flexibility index (Phi) is 9.07. The number of ether oxygens (including phenoxy) is 3. The van der Waals surface area contributed by atoms with Crippen molar-refractivity contribution in [3.63, 3.8) is 0 Å². The molecule has 5 atom stereocenters. The lowest BCUT2D eigenvalue weighted by Gasteiger charge is -2.39. The molecule has 3 N–H and O–H groups in total. The van der Waals surface area contributed by atoms with Gasteiger partial charge in [0, 0.05) is 24.7 Å². The van der Waals surface area contributed by atoms with Crippen LogP contribution in [0.25, 0.3) is 0 Å². The van der Waals surface area contributed by atoms with Gasteiger partial charge in [-0.3, -0.25) is 0 Å². The summed E-state index contributed by atoms with van der Waals surface area (Å²) in [5.41, 5.74) is -2.59. The average molecular weight is 448 g/mol. The van der Waals surface area contributed by atoms with Gasteiger partial charge >= 0.3 is 11.9 Å². The van der Waals surface area contributed by atoms with Gasteiger partial charge in [0.25, 0.3) is 0 Å². The van der Waals surface area contributed by atoms with Crippen LogP contribution in [0.3, 0.4) is 0 Å². The van der Waals surface area contributed by atoms with E-state index in [-0.39, 0.29) is 37.1 Å². The third-order valence-electron chi connectivity index (χ3n) is 6.16. The van der Waals surface area contributed by atoms with E-state index >= 15 is 0 Å². The highest BCUT2D eigenvalue weighted by atomic mass is 35.5. The molecule has 0 aromatic rings. The van der Waals surface area contributed by atoms with E-state index in [1.54, 1.807) is 19.9 Å². The fraction of sp³-hybridized carbons (Fsp3) is 0.714. The van der Waals surface area contributed by atoms with Crippen molar-refractivity contribution in [2.75, 3.05) is 26.8 Å². The molecule has 2 aliphatic rings. The summed E-state index contributed by atoms with van der Waals surface area (Å²) in [4.78, 5) is 26.1. The molecule has 0 spiro atoms. The minimum Gasteiger partial charge on any atom is -1.00 e. The van der Waals surface area contributed by atoms with E-state index < -0.39 is 23.3 Å². The number of carbonyl (C=O) groups excluding carboxylic acids is 2. The predicted molar refractivity (Wildman–Crippen MR) is 105 cm³/mol. The Hall–Kier alpha value is -1.45. The lowest BCUT2D eigenvalue weighted by molar-refractivity contribution is -0.896. The molecule has 0 bridgehead atoms. The van der Waals surface area contributed by atoms with Crippen LogP contribution in [0.15, 0.2) is 23.3 Å². The smallest absolute Gasteiger partial charge is 0.344 e. The van der Waals surface area contributed by atoms with E-state index in [9.17, 15) is 19.8 Å². The van der Waals surface area contributed by atoms with E-state index in [2.05, 4.69) is 0 Å². The molecular formula is C21H34ClNO7. The van der Waals surface area contributed by atoms with E-state index in [0.29, 0.717) is 5.57 Å². The number of fused-ring (bicyclic) bond motifs is 1. The number of allylic oxidation sites excluding steroid dienone is 1. The Labute approximate surface area is 184 Å². The number of methoxy groups -OCH3 is 1. The Morgan fingerprint density at radius 2 is 2.00 bits per heavy atom. The molecule has 0 saturated carbocycles. The summed E-state index contributed by atoms with van der Waals surface area (Å²) in [6, 6.07) is -0.0773. The Morgan fingerprint density at radius 1 is 1.37 bits per heavy atom. The van der Waals surface area contributed by atoms with Gasteiger partial charge in [-0.15, -0.1) is 0 Å². The molecule has 0 radical (unpaired) electrons.